The summed E-state index contributed by atoms with van der Waals surface area (Å²) in [4.78, 5) is 37.8. The third-order valence-electron chi connectivity index (χ3n) is 4.39. The third kappa shape index (κ3) is 4.51. The zero-order valence-electron chi connectivity index (χ0n) is 15.5. The fourth-order valence-electron chi connectivity index (χ4n) is 2.96. The highest BCUT2D eigenvalue weighted by Gasteiger charge is 2.23. The predicted octanol–water partition coefficient (Wildman–Crippen LogP) is 2.59. The van der Waals surface area contributed by atoms with Crippen molar-refractivity contribution in [1.82, 2.24) is 10.9 Å². The second kappa shape index (κ2) is 8.43. The summed E-state index contributed by atoms with van der Waals surface area (Å²) in [6.07, 6.45) is -0.0985. The quantitative estimate of drug-likeness (QED) is 0.707. The summed E-state index contributed by atoms with van der Waals surface area (Å²) in [5.41, 5.74) is 6.93. The van der Waals surface area contributed by atoms with Crippen molar-refractivity contribution >= 4 is 39.3 Å². The molecule has 2 aromatic carbocycles. The van der Waals surface area contributed by atoms with Gasteiger partial charge in [0.25, 0.3) is 11.8 Å². The van der Waals surface area contributed by atoms with E-state index in [0.717, 1.165) is 15.7 Å². The number of hydrogen-bond donors (Lipinski definition) is 2. The van der Waals surface area contributed by atoms with Gasteiger partial charge in [0.1, 0.15) is 5.75 Å². The van der Waals surface area contributed by atoms with E-state index in [1.807, 2.05) is 6.07 Å². The molecule has 0 saturated carbocycles. The number of hydrogen-bond acceptors (Lipinski definition) is 4. The third-order valence-corrected chi connectivity index (χ3v) is 4.89. The van der Waals surface area contributed by atoms with Gasteiger partial charge in [-0.15, -0.1) is 0 Å². The molecule has 0 bridgehead atoms. The molecule has 2 aromatic rings. The number of benzene rings is 2. The van der Waals surface area contributed by atoms with Gasteiger partial charge in [-0.3, -0.25) is 25.2 Å². The number of hydrazine groups is 1. The number of fused-ring (bicyclic) bond motifs is 1. The minimum atomic E-state index is -0.793. The molecule has 1 aliphatic rings. The first-order valence-corrected chi connectivity index (χ1v) is 9.58. The molecule has 1 unspecified atom stereocenters. The molecule has 1 atom stereocenters. The molecule has 0 saturated heterocycles. The summed E-state index contributed by atoms with van der Waals surface area (Å²) in [5.74, 6) is -0.399. The number of halogens is 1. The van der Waals surface area contributed by atoms with Crippen molar-refractivity contribution in [3.05, 3.63) is 58.1 Å². The number of anilines is 1. The lowest BCUT2D eigenvalue weighted by molar-refractivity contribution is -0.128. The Morgan fingerprint density at radius 3 is 2.64 bits per heavy atom. The molecule has 0 aliphatic carbocycles. The maximum atomic E-state index is 12.3. The number of carbonyl (C=O) groups is 3. The first-order chi connectivity index (χ1) is 13.3. The molecule has 3 amide bonds. The van der Waals surface area contributed by atoms with E-state index in [9.17, 15) is 14.4 Å². The molecule has 1 heterocycles. The van der Waals surface area contributed by atoms with Crippen LogP contribution < -0.4 is 20.5 Å². The molecule has 0 radical (unpaired) electrons. The van der Waals surface area contributed by atoms with Crippen molar-refractivity contribution in [2.75, 3.05) is 11.4 Å². The predicted molar refractivity (Wildman–Crippen MR) is 108 cm³/mol. The lowest BCUT2D eigenvalue weighted by Crippen LogP contribution is -2.47. The molecular formula is C20H20BrN3O4. The van der Waals surface area contributed by atoms with Crippen molar-refractivity contribution in [3.63, 3.8) is 0 Å². The lowest BCUT2D eigenvalue weighted by atomic mass is 10.1. The summed E-state index contributed by atoms with van der Waals surface area (Å²) in [5, 5.41) is 0. The van der Waals surface area contributed by atoms with Crippen LogP contribution in [0.1, 0.15) is 29.8 Å². The zero-order valence-corrected chi connectivity index (χ0v) is 17.1. The Labute approximate surface area is 171 Å². The Morgan fingerprint density at radius 2 is 1.93 bits per heavy atom. The van der Waals surface area contributed by atoms with Crippen molar-refractivity contribution in [1.29, 1.82) is 0 Å². The van der Waals surface area contributed by atoms with Crippen molar-refractivity contribution < 1.29 is 19.1 Å². The van der Waals surface area contributed by atoms with Crippen molar-refractivity contribution in [2.24, 2.45) is 0 Å². The van der Waals surface area contributed by atoms with Crippen LogP contribution in [0.4, 0.5) is 5.69 Å². The number of nitrogens with zero attached hydrogens (tertiary/aromatic N) is 1. The maximum Gasteiger partial charge on any atom is 0.279 e. The van der Waals surface area contributed by atoms with E-state index in [1.165, 1.54) is 6.92 Å². The van der Waals surface area contributed by atoms with Crippen LogP contribution in [0.3, 0.4) is 0 Å². The van der Waals surface area contributed by atoms with Gasteiger partial charge in [0.2, 0.25) is 5.91 Å². The van der Waals surface area contributed by atoms with Crippen LogP contribution >= 0.6 is 15.9 Å². The van der Waals surface area contributed by atoms with Gasteiger partial charge in [-0.1, -0.05) is 22.0 Å². The number of rotatable bonds is 4. The molecule has 0 spiro atoms. The molecular weight excluding hydrogens is 426 g/mol. The summed E-state index contributed by atoms with van der Waals surface area (Å²) in [6, 6.07) is 12.2. The first kappa shape index (κ1) is 19.9. The van der Waals surface area contributed by atoms with Crippen LogP contribution in [0, 0.1) is 0 Å². The summed E-state index contributed by atoms with van der Waals surface area (Å²) in [7, 11) is 0. The molecule has 3 rings (SSSR count). The Hall–Kier alpha value is -2.87. The second-order valence-electron chi connectivity index (χ2n) is 6.42. The average molecular weight is 446 g/mol. The van der Waals surface area contributed by atoms with Gasteiger partial charge in [0.15, 0.2) is 6.10 Å². The van der Waals surface area contributed by atoms with Gasteiger partial charge in [-0.2, -0.15) is 0 Å². The van der Waals surface area contributed by atoms with Crippen LogP contribution in [0.25, 0.3) is 0 Å². The number of nitrogens with one attached hydrogen (secondary N) is 2. The normalized spacial score (nSPS) is 13.5. The molecule has 0 fully saturated rings. The van der Waals surface area contributed by atoms with Crippen LogP contribution in [0.15, 0.2) is 46.9 Å². The number of amides is 3. The highest BCUT2D eigenvalue weighted by Crippen LogP contribution is 2.28. The summed E-state index contributed by atoms with van der Waals surface area (Å²) in [6.45, 7) is 3.72. The largest absolute Gasteiger partial charge is 0.481 e. The van der Waals surface area contributed by atoms with E-state index in [4.69, 9.17) is 4.74 Å². The van der Waals surface area contributed by atoms with Gasteiger partial charge in [-0.25, -0.2) is 0 Å². The van der Waals surface area contributed by atoms with Gasteiger partial charge < -0.3 is 9.64 Å². The highest BCUT2D eigenvalue weighted by molar-refractivity contribution is 9.10. The second-order valence-corrected chi connectivity index (χ2v) is 7.34. The molecule has 2 N–H and O–H groups in total. The number of ether oxygens (including phenoxy) is 1. The Kier molecular flexibility index (Phi) is 5.99. The Morgan fingerprint density at radius 1 is 1.14 bits per heavy atom. The first-order valence-electron chi connectivity index (χ1n) is 8.78. The van der Waals surface area contributed by atoms with E-state index >= 15 is 0 Å². The van der Waals surface area contributed by atoms with Crippen molar-refractivity contribution in [3.8, 4) is 5.75 Å². The molecule has 0 aromatic heterocycles. The van der Waals surface area contributed by atoms with E-state index < -0.39 is 17.9 Å². The molecule has 8 heteroatoms. The maximum absolute atomic E-state index is 12.3. The Bertz CT molecular complexity index is 931. The van der Waals surface area contributed by atoms with Crippen molar-refractivity contribution in [2.45, 2.75) is 26.4 Å². The molecule has 7 nitrogen and oxygen atoms in total. The fraction of sp³-hybridized carbons (Fsp3) is 0.250. The smallest absolute Gasteiger partial charge is 0.279 e. The van der Waals surface area contributed by atoms with E-state index in [0.29, 0.717) is 24.3 Å². The van der Waals surface area contributed by atoms with Gasteiger partial charge in [0.05, 0.1) is 0 Å². The van der Waals surface area contributed by atoms with Gasteiger partial charge in [0, 0.05) is 29.2 Å². The van der Waals surface area contributed by atoms with Crippen LogP contribution in [-0.2, 0) is 16.0 Å². The van der Waals surface area contributed by atoms with Gasteiger partial charge in [-0.05, 0) is 55.3 Å². The monoisotopic (exact) mass is 445 g/mol. The standard InChI is InChI=1S/C20H20BrN3O4/c1-12(28-17-5-3-4-16(21)11-17)19(26)22-23-20(27)15-6-7-18-14(10-15)8-9-24(18)13(2)25/h3-7,10-12H,8-9H2,1-2H3,(H,22,26)(H,23,27). The minimum Gasteiger partial charge on any atom is -0.481 e. The van der Waals surface area contributed by atoms with E-state index in [2.05, 4.69) is 26.8 Å². The average Bonchev–Trinajstić information content (AvgIpc) is 3.09. The van der Waals surface area contributed by atoms with E-state index in [-0.39, 0.29) is 5.91 Å². The van der Waals surface area contributed by atoms with Crippen LogP contribution in [0.5, 0.6) is 5.75 Å². The fourth-order valence-corrected chi connectivity index (χ4v) is 3.34. The Balaban J connectivity index is 1.56. The molecule has 1 aliphatic heterocycles. The lowest BCUT2D eigenvalue weighted by Gasteiger charge is -2.16. The topological polar surface area (TPSA) is 87.7 Å². The SMILES string of the molecule is CC(=O)N1CCc2cc(C(=O)NNC(=O)C(C)Oc3cccc(Br)c3)ccc21. The zero-order chi connectivity index (χ0) is 20.3. The van der Waals surface area contributed by atoms with Gasteiger partial charge >= 0.3 is 0 Å². The molecule has 146 valence electrons. The van der Waals surface area contributed by atoms with E-state index in [1.54, 1.807) is 48.2 Å². The number of carbonyl (C=O) groups excluding carboxylic acids is 3. The molecule has 28 heavy (non-hydrogen) atoms. The summed E-state index contributed by atoms with van der Waals surface area (Å²) >= 11 is 3.34. The minimum absolute atomic E-state index is 0.0253. The highest BCUT2D eigenvalue weighted by atomic mass is 79.9. The summed E-state index contributed by atoms with van der Waals surface area (Å²) < 4.78 is 6.40. The van der Waals surface area contributed by atoms with Crippen LogP contribution in [0.2, 0.25) is 0 Å². The van der Waals surface area contributed by atoms with Crippen LogP contribution in [-0.4, -0.2) is 30.4 Å².